The molecule has 0 fully saturated rings. The van der Waals surface area contributed by atoms with Crippen LogP contribution in [0, 0.1) is 0 Å². The summed E-state index contributed by atoms with van der Waals surface area (Å²) in [6.07, 6.45) is 0. The van der Waals surface area contributed by atoms with Gasteiger partial charge < -0.3 is 5.02 Å². The number of nitrogens with one attached hydrogen (secondary N) is 2. The van der Waals surface area contributed by atoms with Crippen molar-refractivity contribution in [3.63, 3.8) is 0 Å². The topological polar surface area (TPSA) is 123 Å². The van der Waals surface area contributed by atoms with Crippen LogP contribution >= 0.6 is 0 Å². The molecule has 13 heteroatoms. The Bertz CT molecular complexity index is 403. The molecule has 3 N–H and O–H groups in total. The van der Waals surface area contributed by atoms with E-state index >= 15 is 0 Å². The van der Waals surface area contributed by atoms with Gasteiger partial charge in [0.1, 0.15) is 0 Å². The van der Waals surface area contributed by atoms with Crippen molar-refractivity contribution in [2.45, 2.75) is 6.82 Å². The number of aromatic nitrogens is 3. The monoisotopic (exact) mass is 240 g/mol. The number of anilines is 3. The maximum atomic E-state index is 9.29. The fraction of sp³-hybridized carbons (Fsp3) is 0.250. The molecule has 3 heterocycles. The highest BCUT2D eigenvalue weighted by Crippen LogP contribution is 2.19. The smallest absolute Gasteiger partial charge is 0.399 e. The van der Waals surface area contributed by atoms with E-state index in [0.29, 0.717) is 0 Å². The van der Waals surface area contributed by atoms with Gasteiger partial charge in [0, 0.05) is 0 Å². The van der Waals surface area contributed by atoms with Gasteiger partial charge in [-0.1, -0.05) is 0 Å². The normalized spacial score (nSPS) is 18.8. The summed E-state index contributed by atoms with van der Waals surface area (Å²) in [7, 11) is -2.33. The third-order valence-corrected chi connectivity index (χ3v) is 1.78. The maximum absolute atomic E-state index is 9.29. The van der Waals surface area contributed by atoms with Crippen molar-refractivity contribution >= 4 is 32.3 Å². The second-order valence-corrected chi connectivity index (χ2v) is 3.07. The van der Waals surface area contributed by atoms with Crippen LogP contribution in [0.3, 0.4) is 0 Å². The highest BCUT2D eigenvalue weighted by atomic mass is 17.0. The Morgan fingerprint density at radius 1 is 1.12 bits per heavy atom. The summed E-state index contributed by atoms with van der Waals surface area (Å²) in [5, 5.41) is 10.1. The standard InChI is InChI=1S/C4H6B2N6O5/c1-5-14-10-2-7-3-9-4(8-2)12(16-5)17-6(13)15-11-3/h13H,1H3,(H2,7,8,9,10,11). The zero-order valence-electron chi connectivity index (χ0n) is 8.52. The molecular formula is C4H6B2N6O5. The van der Waals surface area contributed by atoms with Crippen LogP contribution in [0.15, 0.2) is 0 Å². The first kappa shape index (κ1) is 10.5. The second kappa shape index (κ2) is 3.97. The molecule has 17 heavy (non-hydrogen) atoms. The van der Waals surface area contributed by atoms with Gasteiger partial charge in [-0.15, -0.1) is 5.23 Å². The molecule has 3 bridgehead atoms. The molecule has 0 amide bonds. The van der Waals surface area contributed by atoms with Crippen LogP contribution in [-0.4, -0.2) is 34.4 Å². The third kappa shape index (κ3) is 2.09. The van der Waals surface area contributed by atoms with Gasteiger partial charge in [0.15, 0.2) is 0 Å². The Labute approximate surface area is 95.2 Å². The molecule has 2 aliphatic rings. The average Bonchev–Trinajstić information content (AvgIpc) is 2.31. The SMILES string of the molecule is CB1ONc2nc3nc(n2)N(O1)OB(O)ON3. The number of hydrogen-bond acceptors (Lipinski definition) is 11. The third-order valence-electron chi connectivity index (χ3n) is 1.78. The van der Waals surface area contributed by atoms with Crippen LogP contribution in [0.5, 0.6) is 0 Å². The van der Waals surface area contributed by atoms with Crippen LogP contribution in [0.1, 0.15) is 0 Å². The average molecular weight is 240 g/mol. The summed E-state index contributed by atoms with van der Waals surface area (Å²) in [5.74, 6) is 0.232. The first-order valence-corrected chi connectivity index (χ1v) is 4.62. The molecule has 2 aliphatic heterocycles. The number of hydrogen-bond donors (Lipinski definition) is 3. The molecule has 0 saturated carbocycles. The maximum Gasteiger partial charge on any atom is 0.684 e. The highest BCUT2D eigenvalue weighted by molar-refractivity contribution is 6.43. The van der Waals surface area contributed by atoms with E-state index in [2.05, 4.69) is 30.7 Å². The Balaban J connectivity index is 2.03. The fourth-order valence-corrected chi connectivity index (χ4v) is 1.16. The van der Waals surface area contributed by atoms with E-state index in [1.807, 2.05) is 0 Å². The molecule has 0 saturated heterocycles. The lowest BCUT2D eigenvalue weighted by Gasteiger charge is -2.27. The van der Waals surface area contributed by atoms with Gasteiger partial charge in [0.05, 0.1) is 0 Å². The van der Waals surface area contributed by atoms with Crippen LogP contribution in [0.25, 0.3) is 0 Å². The molecule has 0 unspecified atom stereocenters. The van der Waals surface area contributed by atoms with Crippen molar-refractivity contribution in [2.24, 2.45) is 0 Å². The quantitative estimate of drug-likeness (QED) is 0.451. The minimum absolute atomic E-state index is 0.0301. The van der Waals surface area contributed by atoms with Crippen molar-refractivity contribution in [3.8, 4) is 0 Å². The molecule has 0 spiro atoms. The van der Waals surface area contributed by atoms with Gasteiger partial charge in [-0.2, -0.15) is 15.0 Å². The molecule has 0 atom stereocenters. The van der Waals surface area contributed by atoms with E-state index in [1.54, 1.807) is 6.82 Å². The molecule has 1 aromatic rings. The van der Waals surface area contributed by atoms with Crippen LogP contribution in [-0.2, 0) is 19.0 Å². The van der Waals surface area contributed by atoms with E-state index in [0.717, 1.165) is 5.23 Å². The molecule has 1 aromatic heterocycles. The van der Waals surface area contributed by atoms with Crippen LogP contribution in [0.4, 0.5) is 17.8 Å². The molecular weight excluding hydrogens is 234 g/mol. The Hall–Kier alpha value is -1.66. The van der Waals surface area contributed by atoms with E-state index in [1.165, 1.54) is 0 Å². The molecule has 0 aromatic carbocycles. The summed E-state index contributed by atoms with van der Waals surface area (Å²) < 4.78 is 19.7. The Morgan fingerprint density at radius 2 is 1.82 bits per heavy atom. The zero-order chi connectivity index (χ0) is 11.8. The molecule has 3 rings (SSSR count). The lowest BCUT2D eigenvalue weighted by atomic mass is 9.97. The molecule has 0 aliphatic carbocycles. The van der Waals surface area contributed by atoms with E-state index in [-0.39, 0.29) is 17.8 Å². The lowest BCUT2D eigenvalue weighted by molar-refractivity contribution is 0.00120. The van der Waals surface area contributed by atoms with Gasteiger partial charge in [-0.05, 0) is 6.82 Å². The highest BCUT2D eigenvalue weighted by Gasteiger charge is 2.33. The summed E-state index contributed by atoms with van der Waals surface area (Å²) in [6, 6.07) is 0. The van der Waals surface area contributed by atoms with Gasteiger partial charge in [0.2, 0.25) is 0 Å². The lowest BCUT2D eigenvalue weighted by Crippen LogP contribution is -2.44. The second-order valence-electron chi connectivity index (χ2n) is 3.07. The van der Waals surface area contributed by atoms with E-state index in [9.17, 15) is 5.02 Å². The number of rotatable bonds is 0. The zero-order valence-corrected chi connectivity index (χ0v) is 8.52. The largest absolute Gasteiger partial charge is 0.684 e. The number of fused-ring (bicyclic) bond motifs is 2. The van der Waals surface area contributed by atoms with Crippen LogP contribution < -0.4 is 16.2 Å². The Kier molecular flexibility index (Phi) is 2.45. The van der Waals surface area contributed by atoms with E-state index in [4.69, 9.17) is 14.3 Å². The summed E-state index contributed by atoms with van der Waals surface area (Å²) in [6.45, 7) is 1.59. The van der Waals surface area contributed by atoms with Crippen molar-refractivity contribution in [3.05, 3.63) is 0 Å². The summed E-state index contributed by atoms with van der Waals surface area (Å²) in [5.41, 5.74) is 4.74. The van der Waals surface area contributed by atoms with Crippen molar-refractivity contribution < 1.29 is 24.0 Å². The van der Waals surface area contributed by atoms with Gasteiger partial charge in [-0.25, -0.2) is 15.7 Å². The summed E-state index contributed by atoms with van der Waals surface area (Å²) >= 11 is 0. The van der Waals surface area contributed by atoms with E-state index < -0.39 is 14.4 Å². The minimum atomic E-state index is -1.61. The molecule has 11 nitrogen and oxygen atoms in total. The predicted octanol–water partition coefficient (Wildman–Crippen LogP) is -1.65. The first-order valence-electron chi connectivity index (χ1n) is 4.62. The molecule has 88 valence electrons. The van der Waals surface area contributed by atoms with Crippen molar-refractivity contribution in [1.29, 1.82) is 0 Å². The van der Waals surface area contributed by atoms with Crippen molar-refractivity contribution in [2.75, 3.05) is 16.2 Å². The van der Waals surface area contributed by atoms with Gasteiger partial charge in [0.25, 0.3) is 17.8 Å². The first-order chi connectivity index (χ1) is 8.20. The molecule has 0 radical (unpaired) electrons. The fourth-order valence-electron chi connectivity index (χ4n) is 1.16. The predicted molar refractivity (Wildman–Crippen MR) is 53.5 cm³/mol. The van der Waals surface area contributed by atoms with Gasteiger partial charge >= 0.3 is 14.4 Å². The summed E-state index contributed by atoms with van der Waals surface area (Å²) in [4.78, 5) is 11.7. The van der Waals surface area contributed by atoms with Gasteiger partial charge in [-0.3, -0.25) is 14.3 Å². The minimum Gasteiger partial charge on any atom is -0.399 e. The Morgan fingerprint density at radius 3 is 2.59 bits per heavy atom. The van der Waals surface area contributed by atoms with Crippen LogP contribution in [0.2, 0.25) is 6.82 Å². The number of nitrogens with zero attached hydrogens (tertiary/aromatic N) is 4. The van der Waals surface area contributed by atoms with Crippen molar-refractivity contribution in [1.82, 2.24) is 15.0 Å².